The van der Waals surface area contributed by atoms with Crippen LogP contribution in [0.1, 0.15) is 49.3 Å². The molecular formula is C26H30F4N2O. The van der Waals surface area contributed by atoms with E-state index in [0.717, 1.165) is 43.6 Å². The molecule has 2 aliphatic rings. The van der Waals surface area contributed by atoms with Gasteiger partial charge < -0.3 is 5.32 Å². The van der Waals surface area contributed by atoms with Gasteiger partial charge >= 0.3 is 6.18 Å². The van der Waals surface area contributed by atoms with Crippen LogP contribution >= 0.6 is 0 Å². The molecule has 4 rings (SSSR count). The van der Waals surface area contributed by atoms with Crippen LogP contribution in [0.3, 0.4) is 0 Å². The van der Waals surface area contributed by atoms with Crippen molar-refractivity contribution in [2.75, 3.05) is 13.1 Å². The van der Waals surface area contributed by atoms with E-state index in [0.29, 0.717) is 23.9 Å². The van der Waals surface area contributed by atoms with Crippen molar-refractivity contribution >= 4 is 5.91 Å². The van der Waals surface area contributed by atoms with Crippen molar-refractivity contribution in [2.24, 2.45) is 17.8 Å². The number of halogens is 4. The standard InChI is InChI=1S/C26H30F4N2O/c1-16(2)24(18-6-4-3-5-7-18)25(33)31-23-11-9-19-14-32(15-20(19)23)13-17-8-10-21(22(27)12-17)26(28,29)30/h3-8,10,12,16,19-20,23-24H,9,11,13-15H2,1-2H3,(H,31,33)/t19?,20-,23?,24?/m0/s1. The Hall–Kier alpha value is -2.41. The Bertz CT molecular complexity index is 976. The fraction of sp³-hybridized carbons (Fsp3) is 0.500. The first kappa shape index (κ1) is 23.7. The van der Waals surface area contributed by atoms with Gasteiger partial charge in [-0.25, -0.2) is 4.39 Å². The van der Waals surface area contributed by atoms with Gasteiger partial charge in [-0.2, -0.15) is 13.2 Å². The molecule has 33 heavy (non-hydrogen) atoms. The van der Waals surface area contributed by atoms with Crippen LogP contribution in [0.2, 0.25) is 0 Å². The summed E-state index contributed by atoms with van der Waals surface area (Å²) in [5.41, 5.74) is 0.312. The molecule has 2 aromatic rings. The van der Waals surface area contributed by atoms with Gasteiger partial charge in [0.15, 0.2) is 0 Å². The van der Waals surface area contributed by atoms with E-state index in [1.807, 2.05) is 30.3 Å². The summed E-state index contributed by atoms with van der Waals surface area (Å²) in [5.74, 6) is -0.493. The first-order valence-corrected chi connectivity index (χ1v) is 11.6. The molecule has 1 N–H and O–H groups in total. The summed E-state index contributed by atoms with van der Waals surface area (Å²) in [6.45, 7) is 6.06. The van der Waals surface area contributed by atoms with Gasteiger partial charge in [0.25, 0.3) is 0 Å². The van der Waals surface area contributed by atoms with Crippen LogP contribution in [0.25, 0.3) is 0 Å². The quantitative estimate of drug-likeness (QED) is 0.566. The van der Waals surface area contributed by atoms with E-state index in [1.165, 1.54) is 6.07 Å². The van der Waals surface area contributed by atoms with Crippen LogP contribution < -0.4 is 5.32 Å². The van der Waals surface area contributed by atoms with Crippen LogP contribution in [0.4, 0.5) is 17.6 Å². The molecule has 3 unspecified atom stereocenters. The molecule has 2 aromatic carbocycles. The van der Waals surface area contributed by atoms with Crippen LogP contribution in [0.5, 0.6) is 0 Å². The molecule has 0 aromatic heterocycles. The van der Waals surface area contributed by atoms with Gasteiger partial charge in [-0.05, 0) is 53.9 Å². The number of nitrogens with one attached hydrogen (secondary N) is 1. The van der Waals surface area contributed by atoms with Crippen LogP contribution in [0.15, 0.2) is 48.5 Å². The van der Waals surface area contributed by atoms with Gasteiger partial charge in [0.1, 0.15) is 5.82 Å². The third-order valence-corrected chi connectivity index (χ3v) is 7.11. The van der Waals surface area contributed by atoms with E-state index < -0.39 is 17.6 Å². The van der Waals surface area contributed by atoms with E-state index in [1.54, 1.807) is 0 Å². The molecule has 1 saturated carbocycles. The maximum atomic E-state index is 14.0. The van der Waals surface area contributed by atoms with E-state index in [-0.39, 0.29) is 23.8 Å². The monoisotopic (exact) mass is 462 g/mol. The van der Waals surface area contributed by atoms with Gasteiger partial charge in [0.05, 0.1) is 11.5 Å². The number of hydrogen-bond acceptors (Lipinski definition) is 2. The number of benzene rings is 2. The highest BCUT2D eigenvalue weighted by Gasteiger charge is 2.44. The molecule has 0 bridgehead atoms. The second kappa shape index (κ2) is 9.45. The first-order chi connectivity index (χ1) is 15.6. The fourth-order valence-corrected chi connectivity index (χ4v) is 5.58. The third-order valence-electron chi connectivity index (χ3n) is 7.11. The topological polar surface area (TPSA) is 32.3 Å². The lowest BCUT2D eigenvalue weighted by atomic mass is 9.87. The predicted octanol–water partition coefficient (Wildman–Crippen LogP) is 5.61. The minimum Gasteiger partial charge on any atom is -0.352 e. The summed E-state index contributed by atoms with van der Waals surface area (Å²) in [7, 11) is 0. The zero-order valence-corrected chi connectivity index (χ0v) is 18.9. The molecule has 1 saturated heterocycles. The normalized spacial score (nSPS) is 24.2. The molecule has 1 aliphatic heterocycles. The molecule has 7 heteroatoms. The molecule has 1 amide bonds. The van der Waals surface area contributed by atoms with Gasteiger partial charge in [-0.15, -0.1) is 0 Å². The first-order valence-electron chi connectivity index (χ1n) is 11.6. The molecule has 4 atom stereocenters. The Morgan fingerprint density at radius 1 is 1.09 bits per heavy atom. The molecule has 0 spiro atoms. The van der Waals surface area contributed by atoms with Crippen molar-refractivity contribution in [1.82, 2.24) is 10.2 Å². The molecule has 2 fully saturated rings. The molecule has 1 aliphatic carbocycles. The number of nitrogens with zero attached hydrogens (tertiary/aromatic N) is 1. The van der Waals surface area contributed by atoms with Crippen LogP contribution in [-0.4, -0.2) is 29.9 Å². The van der Waals surface area contributed by atoms with Crippen molar-refractivity contribution in [1.29, 1.82) is 0 Å². The van der Waals surface area contributed by atoms with E-state index in [2.05, 4.69) is 24.1 Å². The highest BCUT2D eigenvalue weighted by atomic mass is 19.4. The Kier molecular flexibility index (Phi) is 6.80. The summed E-state index contributed by atoms with van der Waals surface area (Å²) >= 11 is 0. The second-order valence-corrected chi connectivity index (χ2v) is 9.75. The van der Waals surface area contributed by atoms with Gasteiger partial charge in [0.2, 0.25) is 5.91 Å². The number of carbonyl (C=O) groups is 1. The van der Waals surface area contributed by atoms with Crippen molar-refractivity contribution in [3.8, 4) is 0 Å². The average molecular weight is 463 g/mol. The summed E-state index contributed by atoms with van der Waals surface area (Å²) in [4.78, 5) is 15.4. The predicted molar refractivity (Wildman–Crippen MR) is 119 cm³/mol. The highest BCUT2D eigenvalue weighted by molar-refractivity contribution is 5.84. The number of carbonyl (C=O) groups excluding carboxylic acids is 1. The Morgan fingerprint density at radius 2 is 1.82 bits per heavy atom. The number of amides is 1. The molecule has 0 radical (unpaired) electrons. The summed E-state index contributed by atoms with van der Waals surface area (Å²) < 4.78 is 52.4. The van der Waals surface area contributed by atoms with E-state index in [4.69, 9.17) is 0 Å². The van der Waals surface area contributed by atoms with Crippen molar-refractivity contribution in [3.63, 3.8) is 0 Å². The SMILES string of the molecule is CC(C)C(C(=O)NC1CCC2CN(Cc3ccc(C(F)(F)F)c(F)c3)C[C@@H]21)c1ccccc1. The average Bonchev–Trinajstić information content (AvgIpc) is 3.29. The second-order valence-electron chi connectivity index (χ2n) is 9.75. The Morgan fingerprint density at radius 3 is 2.45 bits per heavy atom. The summed E-state index contributed by atoms with van der Waals surface area (Å²) in [6.07, 6.45) is -2.75. The van der Waals surface area contributed by atoms with Gasteiger partial charge in [0, 0.05) is 25.7 Å². The van der Waals surface area contributed by atoms with Crippen molar-refractivity contribution < 1.29 is 22.4 Å². The zero-order chi connectivity index (χ0) is 23.8. The van der Waals surface area contributed by atoms with Gasteiger partial charge in [-0.1, -0.05) is 50.2 Å². The van der Waals surface area contributed by atoms with Crippen LogP contribution in [-0.2, 0) is 17.5 Å². The highest BCUT2D eigenvalue weighted by Crippen LogP contribution is 2.39. The Balaban J connectivity index is 1.39. The number of likely N-dealkylation sites (tertiary alicyclic amines) is 1. The molecular weight excluding hydrogens is 432 g/mol. The van der Waals surface area contributed by atoms with Crippen molar-refractivity contribution in [2.45, 2.75) is 51.4 Å². The zero-order valence-electron chi connectivity index (χ0n) is 18.9. The molecule has 3 nitrogen and oxygen atoms in total. The summed E-state index contributed by atoms with van der Waals surface area (Å²) in [6, 6.07) is 13.1. The number of hydrogen-bond donors (Lipinski definition) is 1. The van der Waals surface area contributed by atoms with E-state index in [9.17, 15) is 22.4 Å². The van der Waals surface area contributed by atoms with Gasteiger partial charge in [-0.3, -0.25) is 9.69 Å². The minimum atomic E-state index is -4.69. The van der Waals surface area contributed by atoms with Crippen molar-refractivity contribution in [3.05, 3.63) is 71.0 Å². The lowest BCUT2D eigenvalue weighted by molar-refractivity contribution is -0.140. The summed E-state index contributed by atoms with van der Waals surface area (Å²) in [5, 5.41) is 3.30. The maximum absolute atomic E-state index is 14.0. The lowest BCUT2D eigenvalue weighted by Gasteiger charge is -2.26. The lowest BCUT2D eigenvalue weighted by Crippen LogP contribution is -2.43. The fourth-order valence-electron chi connectivity index (χ4n) is 5.58. The molecule has 1 heterocycles. The Labute approximate surface area is 192 Å². The smallest absolute Gasteiger partial charge is 0.352 e. The largest absolute Gasteiger partial charge is 0.419 e. The maximum Gasteiger partial charge on any atom is 0.419 e. The minimum absolute atomic E-state index is 0.0464. The number of alkyl halides is 3. The van der Waals surface area contributed by atoms with Crippen LogP contribution in [0, 0.1) is 23.6 Å². The third kappa shape index (κ3) is 5.24. The number of fused-ring (bicyclic) bond motifs is 1. The van der Waals surface area contributed by atoms with E-state index >= 15 is 0 Å². The molecule has 178 valence electrons. The number of rotatable bonds is 6.